The van der Waals surface area contributed by atoms with Crippen molar-refractivity contribution in [3.05, 3.63) is 35.4 Å². The number of hydrogen-bond acceptors (Lipinski definition) is 2. The highest BCUT2D eigenvalue weighted by atomic mass is 32.2. The summed E-state index contributed by atoms with van der Waals surface area (Å²) in [5.41, 5.74) is 2.62. The van der Waals surface area contributed by atoms with E-state index in [4.69, 9.17) is 5.11 Å². The number of aliphatic carboxylic acids is 1. The number of carboxylic acid groups (broad SMARTS) is 1. The van der Waals surface area contributed by atoms with Crippen LogP contribution in [-0.2, 0) is 10.2 Å². The Balaban J connectivity index is 1.73. The minimum atomic E-state index is -0.675. The minimum Gasteiger partial charge on any atom is -0.481 e. The third kappa shape index (κ3) is 2.81. The molecule has 1 heterocycles. The summed E-state index contributed by atoms with van der Waals surface area (Å²) in [4.78, 5) is 10.9. The second kappa shape index (κ2) is 5.20. The van der Waals surface area contributed by atoms with Crippen LogP contribution in [0.2, 0.25) is 0 Å². The molecular weight excluding hydrogens is 256 g/mol. The molecule has 0 amide bonds. The van der Waals surface area contributed by atoms with E-state index in [9.17, 15) is 4.79 Å². The van der Waals surface area contributed by atoms with Crippen LogP contribution in [0.25, 0.3) is 0 Å². The molecule has 1 aliphatic carbocycles. The zero-order valence-electron chi connectivity index (χ0n) is 11.1. The molecule has 1 N–H and O–H groups in total. The van der Waals surface area contributed by atoms with E-state index < -0.39 is 5.97 Å². The van der Waals surface area contributed by atoms with Crippen LogP contribution >= 0.6 is 11.8 Å². The fraction of sp³-hybridized carbons (Fsp3) is 0.562. The molecule has 1 saturated carbocycles. The molecule has 2 fully saturated rings. The molecule has 1 aliphatic heterocycles. The molecule has 0 bridgehead atoms. The van der Waals surface area contributed by atoms with Gasteiger partial charge in [-0.05, 0) is 54.2 Å². The molecule has 0 aromatic heterocycles. The van der Waals surface area contributed by atoms with Crippen molar-refractivity contribution in [3.63, 3.8) is 0 Å². The summed E-state index contributed by atoms with van der Waals surface area (Å²) < 4.78 is 0. The zero-order chi connectivity index (χ0) is 13.3. The van der Waals surface area contributed by atoms with Crippen molar-refractivity contribution in [2.45, 2.75) is 43.4 Å². The summed E-state index contributed by atoms with van der Waals surface area (Å²) in [5, 5.41) is 9.01. The van der Waals surface area contributed by atoms with Crippen molar-refractivity contribution in [2.75, 3.05) is 11.5 Å². The van der Waals surface area contributed by atoms with Gasteiger partial charge < -0.3 is 5.11 Å². The summed E-state index contributed by atoms with van der Waals surface area (Å²) in [7, 11) is 0. The number of thioether (sulfide) groups is 1. The van der Waals surface area contributed by atoms with Crippen LogP contribution in [0.3, 0.4) is 0 Å². The first-order chi connectivity index (χ1) is 9.20. The number of benzene rings is 1. The lowest BCUT2D eigenvalue weighted by Gasteiger charge is -2.22. The molecule has 1 saturated heterocycles. The fourth-order valence-electron chi connectivity index (χ4n) is 3.15. The van der Waals surface area contributed by atoms with Gasteiger partial charge in [0.25, 0.3) is 0 Å². The van der Waals surface area contributed by atoms with E-state index in [1.165, 1.54) is 35.5 Å². The maximum absolute atomic E-state index is 10.9. The van der Waals surface area contributed by atoms with E-state index in [2.05, 4.69) is 36.0 Å². The van der Waals surface area contributed by atoms with Crippen molar-refractivity contribution in [1.82, 2.24) is 0 Å². The molecule has 1 aromatic rings. The highest BCUT2D eigenvalue weighted by Crippen LogP contribution is 2.51. The first-order valence-electron chi connectivity index (χ1n) is 7.10. The smallest absolute Gasteiger partial charge is 0.304 e. The van der Waals surface area contributed by atoms with Gasteiger partial charge in [-0.25, -0.2) is 0 Å². The molecule has 0 spiro atoms. The van der Waals surface area contributed by atoms with Crippen molar-refractivity contribution in [3.8, 4) is 0 Å². The molecule has 19 heavy (non-hydrogen) atoms. The molecule has 2 nitrogen and oxygen atoms in total. The van der Waals surface area contributed by atoms with Gasteiger partial charge in [-0.15, -0.1) is 0 Å². The maximum Gasteiger partial charge on any atom is 0.304 e. The minimum absolute atomic E-state index is 0.0488. The second-order valence-electron chi connectivity index (χ2n) is 5.86. The third-order valence-electron chi connectivity index (χ3n) is 4.56. The number of carbonyl (C=O) groups is 1. The lowest BCUT2D eigenvalue weighted by molar-refractivity contribution is -0.137. The monoisotopic (exact) mass is 276 g/mol. The molecule has 0 radical (unpaired) electrons. The van der Waals surface area contributed by atoms with Gasteiger partial charge in [-0.2, -0.15) is 11.8 Å². The highest BCUT2D eigenvalue weighted by Gasteiger charge is 2.45. The Morgan fingerprint density at radius 3 is 2.37 bits per heavy atom. The van der Waals surface area contributed by atoms with E-state index in [0.29, 0.717) is 5.92 Å². The standard InChI is InChI=1S/C16H20O2S/c17-15(18)11-16(7-8-16)14-3-1-12(2-4-14)13-5-9-19-10-6-13/h1-4,13H,5-11H2,(H,17,18). The largest absolute Gasteiger partial charge is 0.481 e. The SMILES string of the molecule is O=C(O)CC1(c2ccc(C3CCSCC3)cc2)CC1. The molecule has 2 aliphatic rings. The number of carboxylic acids is 1. The van der Waals surface area contributed by atoms with E-state index >= 15 is 0 Å². The van der Waals surface area contributed by atoms with E-state index in [1.807, 2.05) is 0 Å². The molecule has 102 valence electrons. The van der Waals surface area contributed by atoms with Crippen LogP contribution in [0.15, 0.2) is 24.3 Å². The van der Waals surface area contributed by atoms with Gasteiger partial charge >= 0.3 is 5.97 Å². The summed E-state index contributed by atoms with van der Waals surface area (Å²) >= 11 is 2.05. The Bertz CT molecular complexity index is 456. The average Bonchev–Trinajstić information content (AvgIpc) is 3.20. The van der Waals surface area contributed by atoms with Gasteiger partial charge in [-0.3, -0.25) is 4.79 Å². The van der Waals surface area contributed by atoms with Gasteiger partial charge in [-0.1, -0.05) is 24.3 Å². The lowest BCUT2D eigenvalue weighted by atomic mass is 9.88. The highest BCUT2D eigenvalue weighted by molar-refractivity contribution is 7.99. The first kappa shape index (κ1) is 13.0. The Labute approximate surface area is 118 Å². The average molecular weight is 276 g/mol. The van der Waals surface area contributed by atoms with Crippen LogP contribution in [-0.4, -0.2) is 22.6 Å². The van der Waals surface area contributed by atoms with Crippen molar-refractivity contribution in [1.29, 1.82) is 0 Å². The normalized spacial score (nSPS) is 22.1. The summed E-state index contributed by atoms with van der Waals surface area (Å²) in [5.74, 6) is 2.58. The lowest BCUT2D eigenvalue weighted by Crippen LogP contribution is -2.13. The quantitative estimate of drug-likeness (QED) is 0.908. The zero-order valence-corrected chi connectivity index (χ0v) is 11.9. The Kier molecular flexibility index (Phi) is 3.57. The van der Waals surface area contributed by atoms with Crippen LogP contribution in [0, 0.1) is 0 Å². The van der Waals surface area contributed by atoms with Gasteiger partial charge in [0.1, 0.15) is 0 Å². The summed E-state index contributed by atoms with van der Waals surface area (Å²) in [6.07, 6.45) is 4.90. The van der Waals surface area contributed by atoms with Crippen LogP contribution in [0.1, 0.15) is 49.1 Å². The first-order valence-corrected chi connectivity index (χ1v) is 8.25. The van der Waals surface area contributed by atoms with E-state index in [-0.39, 0.29) is 11.8 Å². The van der Waals surface area contributed by atoms with Crippen molar-refractivity contribution in [2.24, 2.45) is 0 Å². The summed E-state index contributed by atoms with van der Waals surface area (Å²) in [6.45, 7) is 0. The van der Waals surface area contributed by atoms with Crippen LogP contribution in [0.5, 0.6) is 0 Å². The van der Waals surface area contributed by atoms with Crippen molar-refractivity contribution >= 4 is 17.7 Å². The maximum atomic E-state index is 10.9. The van der Waals surface area contributed by atoms with Crippen molar-refractivity contribution < 1.29 is 9.90 Å². The van der Waals surface area contributed by atoms with E-state index in [0.717, 1.165) is 12.8 Å². The number of hydrogen-bond donors (Lipinski definition) is 1. The Morgan fingerprint density at radius 2 is 1.84 bits per heavy atom. The fourth-order valence-corrected chi connectivity index (χ4v) is 4.25. The predicted molar refractivity (Wildman–Crippen MR) is 78.9 cm³/mol. The van der Waals surface area contributed by atoms with Gasteiger partial charge in [0.15, 0.2) is 0 Å². The summed E-state index contributed by atoms with van der Waals surface area (Å²) in [6, 6.07) is 8.82. The Morgan fingerprint density at radius 1 is 1.21 bits per heavy atom. The Hall–Kier alpha value is -0.960. The molecular formula is C16H20O2S. The second-order valence-corrected chi connectivity index (χ2v) is 7.08. The van der Waals surface area contributed by atoms with Crippen LogP contribution < -0.4 is 0 Å². The predicted octanol–water partition coefficient (Wildman–Crippen LogP) is 3.80. The topological polar surface area (TPSA) is 37.3 Å². The third-order valence-corrected chi connectivity index (χ3v) is 5.61. The van der Waals surface area contributed by atoms with Gasteiger partial charge in [0.05, 0.1) is 6.42 Å². The van der Waals surface area contributed by atoms with Gasteiger partial charge in [0, 0.05) is 5.41 Å². The number of rotatable bonds is 4. The molecule has 3 rings (SSSR count). The molecule has 1 aromatic carbocycles. The van der Waals surface area contributed by atoms with Gasteiger partial charge in [0.2, 0.25) is 0 Å². The molecule has 0 unspecified atom stereocenters. The van der Waals surface area contributed by atoms with Crippen LogP contribution in [0.4, 0.5) is 0 Å². The molecule has 3 heteroatoms. The van der Waals surface area contributed by atoms with E-state index in [1.54, 1.807) is 0 Å². The molecule has 0 atom stereocenters.